The van der Waals surface area contributed by atoms with E-state index in [1.165, 1.54) is 19.3 Å². The van der Waals surface area contributed by atoms with E-state index in [4.69, 9.17) is 5.73 Å². The Bertz CT molecular complexity index is 243. The fraction of sp³-hybridized carbons (Fsp3) is 0.923. The molecule has 2 N–H and O–H groups in total. The number of hydrogen-bond acceptors (Lipinski definition) is 3. The first-order chi connectivity index (χ1) is 8.31. The third-order valence-corrected chi connectivity index (χ3v) is 4.05. The van der Waals surface area contributed by atoms with E-state index in [9.17, 15) is 4.79 Å². The van der Waals surface area contributed by atoms with Crippen molar-refractivity contribution in [3.05, 3.63) is 0 Å². The van der Waals surface area contributed by atoms with E-state index in [2.05, 4.69) is 9.80 Å². The van der Waals surface area contributed by atoms with Gasteiger partial charge in [0.1, 0.15) is 0 Å². The van der Waals surface area contributed by atoms with Gasteiger partial charge >= 0.3 is 0 Å². The molecule has 0 saturated carbocycles. The molecule has 4 nitrogen and oxygen atoms in total. The highest BCUT2D eigenvalue weighted by molar-refractivity contribution is 5.79. The molecule has 98 valence electrons. The molecule has 0 atom stereocenters. The van der Waals surface area contributed by atoms with Crippen LogP contribution in [-0.4, -0.2) is 55.0 Å². The second-order valence-electron chi connectivity index (χ2n) is 5.29. The number of carbonyl (C=O) groups excluding carboxylic acids is 1. The molecule has 2 fully saturated rings. The Morgan fingerprint density at radius 3 is 2.29 bits per heavy atom. The zero-order valence-corrected chi connectivity index (χ0v) is 10.7. The molecule has 2 rings (SSSR count). The predicted octanol–water partition coefficient (Wildman–Crippen LogP) is 0.670. The lowest BCUT2D eigenvalue weighted by atomic mass is 9.94. The second kappa shape index (κ2) is 6.36. The van der Waals surface area contributed by atoms with E-state index in [1.807, 2.05) is 0 Å². The quantitative estimate of drug-likeness (QED) is 0.787. The summed E-state index contributed by atoms with van der Waals surface area (Å²) in [6.45, 7) is 5.77. The molecule has 0 aromatic carbocycles. The normalized spacial score (nSPS) is 23.9. The fourth-order valence-electron chi connectivity index (χ4n) is 2.96. The molecular weight excluding hydrogens is 214 g/mol. The van der Waals surface area contributed by atoms with Crippen molar-refractivity contribution in [2.24, 2.45) is 11.7 Å². The second-order valence-corrected chi connectivity index (χ2v) is 5.29. The Hall–Kier alpha value is -0.610. The molecule has 0 spiro atoms. The van der Waals surface area contributed by atoms with Crippen LogP contribution in [0.25, 0.3) is 0 Å². The summed E-state index contributed by atoms with van der Waals surface area (Å²) in [5.74, 6) is 0.694. The summed E-state index contributed by atoms with van der Waals surface area (Å²) in [6.07, 6.45) is 5.72. The van der Waals surface area contributed by atoms with Gasteiger partial charge in [0.2, 0.25) is 5.91 Å². The van der Waals surface area contributed by atoms with Crippen molar-refractivity contribution in [1.82, 2.24) is 9.80 Å². The zero-order chi connectivity index (χ0) is 12.1. The Morgan fingerprint density at radius 2 is 1.71 bits per heavy atom. The van der Waals surface area contributed by atoms with Crippen molar-refractivity contribution in [3.63, 3.8) is 0 Å². The highest BCUT2D eigenvalue weighted by Gasteiger charge is 2.28. The number of carbonyl (C=O) groups is 1. The molecule has 0 unspecified atom stereocenters. The Kier molecular flexibility index (Phi) is 4.80. The molecule has 2 saturated heterocycles. The van der Waals surface area contributed by atoms with Gasteiger partial charge in [-0.15, -0.1) is 0 Å². The fourth-order valence-corrected chi connectivity index (χ4v) is 2.96. The smallest absolute Gasteiger partial charge is 0.225 e. The maximum atomic E-state index is 12.3. The minimum Gasteiger partial charge on any atom is -0.342 e. The van der Waals surface area contributed by atoms with E-state index in [0.717, 1.165) is 52.1 Å². The van der Waals surface area contributed by atoms with Crippen LogP contribution in [-0.2, 0) is 4.79 Å². The summed E-state index contributed by atoms with van der Waals surface area (Å²) in [5.41, 5.74) is 5.55. The van der Waals surface area contributed by atoms with Gasteiger partial charge in [-0.3, -0.25) is 4.79 Å². The first kappa shape index (κ1) is 12.8. The summed E-state index contributed by atoms with van der Waals surface area (Å²) in [7, 11) is 0. The van der Waals surface area contributed by atoms with Gasteiger partial charge in [-0.1, -0.05) is 0 Å². The number of nitrogens with zero attached hydrogens (tertiary/aromatic N) is 2. The maximum Gasteiger partial charge on any atom is 0.225 e. The van der Waals surface area contributed by atoms with Gasteiger partial charge in [0.15, 0.2) is 0 Å². The minimum atomic E-state index is 0.280. The summed E-state index contributed by atoms with van der Waals surface area (Å²) in [4.78, 5) is 16.8. The van der Waals surface area contributed by atoms with Crippen LogP contribution in [0.3, 0.4) is 0 Å². The number of piperidine rings is 2. The van der Waals surface area contributed by atoms with Gasteiger partial charge in [0.25, 0.3) is 0 Å². The van der Waals surface area contributed by atoms with E-state index in [1.54, 1.807) is 0 Å². The van der Waals surface area contributed by atoms with Crippen LogP contribution < -0.4 is 5.73 Å². The van der Waals surface area contributed by atoms with E-state index in [0.29, 0.717) is 5.91 Å². The Labute approximate surface area is 104 Å². The summed E-state index contributed by atoms with van der Waals surface area (Å²) in [6, 6.07) is 0. The van der Waals surface area contributed by atoms with E-state index < -0.39 is 0 Å². The molecular formula is C13H25N3O. The van der Waals surface area contributed by atoms with Crippen LogP contribution in [0.2, 0.25) is 0 Å². The summed E-state index contributed by atoms with van der Waals surface area (Å²) in [5, 5.41) is 0. The standard InChI is InChI=1S/C13H25N3O/c14-6-11-15-9-4-12(5-10-15)13(17)16-7-2-1-3-8-16/h12H,1-11,14H2. The van der Waals surface area contributed by atoms with Crippen LogP contribution in [0.15, 0.2) is 0 Å². The molecule has 4 heteroatoms. The summed E-state index contributed by atoms with van der Waals surface area (Å²) >= 11 is 0. The Balaban J connectivity index is 1.77. The summed E-state index contributed by atoms with van der Waals surface area (Å²) < 4.78 is 0. The van der Waals surface area contributed by atoms with Crippen LogP contribution in [0.5, 0.6) is 0 Å². The number of amides is 1. The topological polar surface area (TPSA) is 49.6 Å². The predicted molar refractivity (Wildman–Crippen MR) is 68.6 cm³/mol. The van der Waals surface area contributed by atoms with Crippen molar-refractivity contribution < 1.29 is 4.79 Å². The molecule has 0 aromatic heterocycles. The average molecular weight is 239 g/mol. The molecule has 0 bridgehead atoms. The molecule has 0 aliphatic carbocycles. The van der Waals surface area contributed by atoms with Crippen LogP contribution >= 0.6 is 0 Å². The minimum absolute atomic E-state index is 0.280. The van der Waals surface area contributed by atoms with Crippen LogP contribution in [0.1, 0.15) is 32.1 Å². The Morgan fingerprint density at radius 1 is 1.06 bits per heavy atom. The van der Waals surface area contributed by atoms with Crippen molar-refractivity contribution in [3.8, 4) is 0 Å². The van der Waals surface area contributed by atoms with Crippen LogP contribution in [0.4, 0.5) is 0 Å². The van der Waals surface area contributed by atoms with Gasteiger partial charge in [-0.05, 0) is 45.2 Å². The van der Waals surface area contributed by atoms with Crippen molar-refractivity contribution in [2.45, 2.75) is 32.1 Å². The molecule has 2 aliphatic rings. The van der Waals surface area contributed by atoms with Gasteiger partial charge in [-0.2, -0.15) is 0 Å². The molecule has 2 heterocycles. The molecule has 2 aliphatic heterocycles. The van der Waals surface area contributed by atoms with E-state index in [-0.39, 0.29) is 5.92 Å². The SMILES string of the molecule is NCCN1CCC(C(=O)N2CCCCC2)CC1. The van der Waals surface area contributed by atoms with Gasteiger partial charge in [0.05, 0.1) is 0 Å². The van der Waals surface area contributed by atoms with Crippen molar-refractivity contribution >= 4 is 5.91 Å². The molecule has 1 amide bonds. The first-order valence-electron chi connectivity index (χ1n) is 7.02. The van der Waals surface area contributed by atoms with Crippen molar-refractivity contribution in [2.75, 3.05) is 39.3 Å². The number of hydrogen-bond donors (Lipinski definition) is 1. The largest absolute Gasteiger partial charge is 0.342 e. The lowest BCUT2D eigenvalue weighted by molar-refractivity contribution is -0.138. The molecule has 17 heavy (non-hydrogen) atoms. The number of rotatable bonds is 3. The van der Waals surface area contributed by atoms with Crippen molar-refractivity contribution in [1.29, 1.82) is 0 Å². The number of nitrogens with two attached hydrogens (primary N) is 1. The number of likely N-dealkylation sites (tertiary alicyclic amines) is 2. The maximum absolute atomic E-state index is 12.3. The highest BCUT2D eigenvalue weighted by Crippen LogP contribution is 2.21. The third-order valence-electron chi connectivity index (χ3n) is 4.05. The molecule has 0 radical (unpaired) electrons. The van der Waals surface area contributed by atoms with Crippen LogP contribution in [0, 0.1) is 5.92 Å². The molecule has 0 aromatic rings. The lowest BCUT2D eigenvalue weighted by Gasteiger charge is -2.35. The lowest BCUT2D eigenvalue weighted by Crippen LogP contribution is -2.45. The first-order valence-corrected chi connectivity index (χ1v) is 7.02. The van der Waals surface area contributed by atoms with Gasteiger partial charge in [-0.25, -0.2) is 0 Å². The third kappa shape index (κ3) is 3.42. The van der Waals surface area contributed by atoms with Gasteiger partial charge < -0.3 is 15.5 Å². The van der Waals surface area contributed by atoms with Gasteiger partial charge in [0, 0.05) is 32.1 Å². The zero-order valence-electron chi connectivity index (χ0n) is 10.7. The highest BCUT2D eigenvalue weighted by atomic mass is 16.2. The monoisotopic (exact) mass is 239 g/mol. The van der Waals surface area contributed by atoms with E-state index >= 15 is 0 Å². The average Bonchev–Trinajstić information content (AvgIpc) is 2.40.